The number of ether oxygens (including phenoxy) is 2. The molecule has 0 fully saturated rings. The summed E-state index contributed by atoms with van der Waals surface area (Å²) in [5.41, 5.74) is 2.25. The molecular formula is C16H18N2O3. The number of aryl methyl sites for hydroxylation is 1. The number of hydrogen-bond donors (Lipinski definition) is 1. The first kappa shape index (κ1) is 15.0. The Morgan fingerprint density at radius 3 is 2.57 bits per heavy atom. The normalized spacial score (nSPS) is 11.8. The molecule has 5 heteroatoms. The van der Waals surface area contributed by atoms with Gasteiger partial charge in [0.15, 0.2) is 6.10 Å². The molecule has 0 spiro atoms. The number of nitrogens with zero attached hydrogens (tertiary/aromatic N) is 1. The van der Waals surface area contributed by atoms with Crippen molar-refractivity contribution in [3.63, 3.8) is 0 Å². The molecule has 1 N–H and O–H groups in total. The fraction of sp³-hybridized carbons (Fsp3) is 0.250. The van der Waals surface area contributed by atoms with E-state index in [1.54, 1.807) is 12.3 Å². The van der Waals surface area contributed by atoms with E-state index in [2.05, 4.69) is 10.3 Å². The predicted molar refractivity (Wildman–Crippen MR) is 80.3 cm³/mol. The highest BCUT2D eigenvalue weighted by Crippen LogP contribution is 2.25. The van der Waals surface area contributed by atoms with E-state index in [1.807, 2.05) is 37.3 Å². The summed E-state index contributed by atoms with van der Waals surface area (Å²) in [6.07, 6.45) is 0.996. The molecule has 1 aromatic carbocycles. The van der Waals surface area contributed by atoms with Crippen molar-refractivity contribution in [2.24, 2.45) is 0 Å². The Balaban J connectivity index is 2.22. The molecular weight excluding hydrogens is 268 g/mol. The lowest BCUT2D eigenvalue weighted by Crippen LogP contribution is -2.23. The van der Waals surface area contributed by atoms with E-state index in [1.165, 1.54) is 14.2 Å². The van der Waals surface area contributed by atoms with Crippen LogP contribution in [0.25, 0.3) is 0 Å². The lowest BCUT2D eigenvalue weighted by Gasteiger charge is -2.16. The number of hydrogen-bond acceptors (Lipinski definition) is 4. The summed E-state index contributed by atoms with van der Waals surface area (Å²) in [6, 6.07) is 11.1. The van der Waals surface area contributed by atoms with Crippen molar-refractivity contribution in [1.29, 1.82) is 0 Å². The van der Waals surface area contributed by atoms with Gasteiger partial charge >= 0.3 is 0 Å². The molecule has 2 rings (SSSR count). The van der Waals surface area contributed by atoms with E-state index in [0.29, 0.717) is 11.6 Å². The number of aromatic nitrogens is 1. The van der Waals surface area contributed by atoms with Crippen LogP contribution in [-0.2, 0) is 9.53 Å². The highest BCUT2D eigenvalue weighted by atomic mass is 16.5. The van der Waals surface area contributed by atoms with Crippen LogP contribution in [0.2, 0.25) is 0 Å². The lowest BCUT2D eigenvalue weighted by atomic mass is 10.1. The minimum absolute atomic E-state index is 0.269. The Kier molecular flexibility index (Phi) is 4.90. The Hall–Kier alpha value is -2.40. The zero-order valence-electron chi connectivity index (χ0n) is 12.3. The highest BCUT2D eigenvalue weighted by molar-refractivity contribution is 5.95. The van der Waals surface area contributed by atoms with E-state index in [0.717, 1.165) is 11.1 Å². The summed E-state index contributed by atoms with van der Waals surface area (Å²) in [5, 5.41) is 2.80. The molecule has 1 heterocycles. The molecule has 0 aliphatic carbocycles. The molecule has 0 saturated heterocycles. The molecule has 0 saturated carbocycles. The van der Waals surface area contributed by atoms with Gasteiger partial charge in [0.2, 0.25) is 5.88 Å². The summed E-state index contributed by atoms with van der Waals surface area (Å²) in [4.78, 5) is 16.5. The predicted octanol–water partition coefficient (Wildman–Crippen LogP) is 2.72. The third-order valence-electron chi connectivity index (χ3n) is 3.02. The van der Waals surface area contributed by atoms with Crippen LogP contribution in [0, 0.1) is 6.92 Å². The molecule has 0 bridgehead atoms. The van der Waals surface area contributed by atoms with Crippen molar-refractivity contribution >= 4 is 11.6 Å². The van der Waals surface area contributed by atoms with Crippen LogP contribution >= 0.6 is 0 Å². The van der Waals surface area contributed by atoms with Crippen LogP contribution in [0.1, 0.15) is 17.2 Å². The summed E-state index contributed by atoms with van der Waals surface area (Å²) < 4.78 is 10.5. The zero-order valence-corrected chi connectivity index (χ0v) is 12.3. The van der Waals surface area contributed by atoms with Gasteiger partial charge in [0.05, 0.1) is 7.11 Å². The smallest absolute Gasteiger partial charge is 0.258 e. The zero-order chi connectivity index (χ0) is 15.2. The number of carbonyl (C=O) groups excluding carboxylic acids is 1. The number of methoxy groups -OCH3 is 2. The van der Waals surface area contributed by atoms with Crippen molar-refractivity contribution in [2.75, 3.05) is 19.5 Å². The number of anilines is 1. The van der Waals surface area contributed by atoms with Crippen molar-refractivity contribution in [3.05, 3.63) is 53.7 Å². The highest BCUT2D eigenvalue weighted by Gasteiger charge is 2.21. The van der Waals surface area contributed by atoms with Crippen molar-refractivity contribution in [2.45, 2.75) is 13.0 Å². The Morgan fingerprint density at radius 2 is 1.95 bits per heavy atom. The molecule has 0 radical (unpaired) electrons. The maximum Gasteiger partial charge on any atom is 0.258 e. The molecule has 5 nitrogen and oxygen atoms in total. The van der Waals surface area contributed by atoms with Crippen LogP contribution in [0.15, 0.2) is 42.6 Å². The van der Waals surface area contributed by atoms with Crippen molar-refractivity contribution < 1.29 is 14.3 Å². The van der Waals surface area contributed by atoms with E-state index >= 15 is 0 Å². The molecule has 2 aromatic rings. The fourth-order valence-electron chi connectivity index (χ4n) is 2.03. The van der Waals surface area contributed by atoms with Gasteiger partial charge in [0.1, 0.15) is 5.69 Å². The number of carbonyl (C=O) groups is 1. The maximum atomic E-state index is 12.4. The summed E-state index contributed by atoms with van der Waals surface area (Å²) in [6.45, 7) is 1.90. The summed E-state index contributed by atoms with van der Waals surface area (Å²) in [7, 11) is 3.02. The van der Waals surface area contributed by atoms with Gasteiger partial charge in [-0.2, -0.15) is 0 Å². The minimum atomic E-state index is -0.684. The molecule has 1 unspecified atom stereocenters. The van der Waals surface area contributed by atoms with E-state index in [9.17, 15) is 4.79 Å². The van der Waals surface area contributed by atoms with Gasteiger partial charge in [-0.1, -0.05) is 30.3 Å². The monoisotopic (exact) mass is 286 g/mol. The number of pyridine rings is 1. The lowest BCUT2D eigenvalue weighted by molar-refractivity contribution is -0.126. The van der Waals surface area contributed by atoms with Gasteiger partial charge < -0.3 is 14.8 Å². The van der Waals surface area contributed by atoms with E-state index in [-0.39, 0.29) is 5.91 Å². The molecule has 1 amide bonds. The van der Waals surface area contributed by atoms with Crippen molar-refractivity contribution in [3.8, 4) is 5.88 Å². The van der Waals surface area contributed by atoms with Gasteiger partial charge in [-0.05, 0) is 24.1 Å². The quantitative estimate of drug-likeness (QED) is 0.918. The Bertz CT molecular complexity index is 614. The Morgan fingerprint density at radius 1 is 1.24 bits per heavy atom. The Labute approximate surface area is 123 Å². The maximum absolute atomic E-state index is 12.4. The van der Waals surface area contributed by atoms with Gasteiger partial charge in [-0.3, -0.25) is 4.79 Å². The molecule has 110 valence electrons. The third-order valence-corrected chi connectivity index (χ3v) is 3.02. The van der Waals surface area contributed by atoms with Gasteiger partial charge in [0.25, 0.3) is 5.91 Å². The first-order valence-corrected chi connectivity index (χ1v) is 6.55. The third kappa shape index (κ3) is 3.58. The van der Waals surface area contributed by atoms with Crippen LogP contribution in [-0.4, -0.2) is 25.1 Å². The topological polar surface area (TPSA) is 60.5 Å². The number of rotatable bonds is 5. The van der Waals surface area contributed by atoms with Crippen LogP contribution in [0.3, 0.4) is 0 Å². The van der Waals surface area contributed by atoms with E-state index in [4.69, 9.17) is 9.47 Å². The first-order valence-electron chi connectivity index (χ1n) is 6.55. The first-order chi connectivity index (χ1) is 10.2. The van der Waals surface area contributed by atoms with Crippen LogP contribution in [0.5, 0.6) is 5.88 Å². The molecule has 0 aliphatic rings. The number of nitrogens with one attached hydrogen (secondary N) is 1. The molecule has 21 heavy (non-hydrogen) atoms. The fourth-order valence-corrected chi connectivity index (χ4v) is 2.03. The summed E-state index contributed by atoms with van der Waals surface area (Å²) >= 11 is 0. The summed E-state index contributed by atoms with van der Waals surface area (Å²) in [5.74, 6) is 0.103. The second kappa shape index (κ2) is 6.85. The second-order valence-electron chi connectivity index (χ2n) is 4.59. The minimum Gasteiger partial charge on any atom is -0.480 e. The SMILES string of the molecule is COc1ncc(C)cc1NC(=O)C(OC)c1ccccc1. The molecule has 1 aromatic heterocycles. The van der Waals surface area contributed by atoms with Gasteiger partial charge in [-0.15, -0.1) is 0 Å². The molecule has 0 aliphatic heterocycles. The van der Waals surface area contributed by atoms with Gasteiger partial charge in [-0.25, -0.2) is 4.98 Å². The largest absolute Gasteiger partial charge is 0.480 e. The average molecular weight is 286 g/mol. The average Bonchev–Trinajstić information content (AvgIpc) is 2.49. The van der Waals surface area contributed by atoms with Gasteiger partial charge in [0, 0.05) is 13.3 Å². The van der Waals surface area contributed by atoms with Crippen molar-refractivity contribution in [1.82, 2.24) is 4.98 Å². The number of amides is 1. The standard InChI is InChI=1S/C16H18N2O3/c1-11-9-13(16(21-3)17-10-11)18-15(19)14(20-2)12-7-5-4-6-8-12/h4-10,14H,1-3H3,(H,18,19). The van der Waals surface area contributed by atoms with Crippen LogP contribution in [0.4, 0.5) is 5.69 Å². The number of benzene rings is 1. The molecule has 1 atom stereocenters. The van der Waals surface area contributed by atoms with Crippen LogP contribution < -0.4 is 10.1 Å². The van der Waals surface area contributed by atoms with E-state index < -0.39 is 6.10 Å². The second-order valence-corrected chi connectivity index (χ2v) is 4.59.